The van der Waals surface area contributed by atoms with Crippen LogP contribution in [0.2, 0.25) is 0 Å². The van der Waals surface area contributed by atoms with Gasteiger partial charge in [0, 0.05) is 5.56 Å². The lowest BCUT2D eigenvalue weighted by atomic mass is 10.0. The molecule has 0 amide bonds. The zero-order valence-electron chi connectivity index (χ0n) is 7.82. The van der Waals surface area contributed by atoms with Crippen LogP contribution in [0, 0.1) is 11.6 Å². The Morgan fingerprint density at radius 1 is 1.38 bits per heavy atom. The predicted molar refractivity (Wildman–Crippen MR) is 50.4 cm³/mol. The molecular weight excluding hydrogens is 170 g/mol. The molecule has 13 heavy (non-hydrogen) atoms. The van der Waals surface area contributed by atoms with Crippen molar-refractivity contribution in [3.8, 4) is 0 Å². The van der Waals surface area contributed by atoms with Gasteiger partial charge < -0.3 is 0 Å². The van der Waals surface area contributed by atoms with E-state index in [0.717, 1.165) is 0 Å². The molecule has 0 saturated carbocycles. The summed E-state index contributed by atoms with van der Waals surface area (Å²) >= 11 is 0. The van der Waals surface area contributed by atoms with E-state index in [1.165, 1.54) is 12.1 Å². The van der Waals surface area contributed by atoms with E-state index < -0.39 is 11.6 Å². The lowest BCUT2D eigenvalue weighted by Crippen LogP contribution is -1.97. The molecule has 0 aliphatic carbocycles. The Labute approximate surface area is 76.9 Å². The maximum absolute atomic E-state index is 13.5. The highest BCUT2D eigenvalue weighted by Crippen LogP contribution is 2.23. The van der Waals surface area contributed by atoms with Crippen molar-refractivity contribution in [2.75, 3.05) is 0 Å². The van der Waals surface area contributed by atoms with Crippen LogP contribution in [0.25, 0.3) is 5.57 Å². The molecule has 0 radical (unpaired) electrons. The van der Waals surface area contributed by atoms with Crippen molar-refractivity contribution < 1.29 is 8.78 Å². The normalized spacial score (nSPS) is 10.2. The monoisotopic (exact) mass is 182 g/mol. The van der Waals surface area contributed by atoms with Crippen LogP contribution in [0.3, 0.4) is 0 Å². The van der Waals surface area contributed by atoms with Crippen LogP contribution in [-0.4, -0.2) is 0 Å². The molecule has 1 rings (SSSR count). The second-order valence-corrected chi connectivity index (χ2v) is 3.03. The minimum atomic E-state index is -0.540. The highest BCUT2D eigenvalue weighted by molar-refractivity contribution is 5.63. The van der Waals surface area contributed by atoms with Crippen molar-refractivity contribution in [1.82, 2.24) is 0 Å². The molecular formula is C11H12F2. The van der Waals surface area contributed by atoms with Crippen LogP contribution in [0.1, 0.15) is 25.0 Å². The second-order valence-electron chi connectivity index (χ2n) is 3.03. The lowest BCUT2D eigenvalue weighted by Gasteiger charge is -2.07. The van der Waals surface area contributed by atoms with Gasteiger partial charge in [0.05, 0.1) is 0 Å². The fourth-order valence-corrected chi connectivity index (χ4v) is 1.26. The van der Waals surface area contributed by atoms with Gasteiger partial charge in [-0.3, -0.25) is 0 Å². The fraction of sp³-hybridized carbons (Fsp3) is 0.273. The summed E-state index contributed by atoms with van der Waals surface area (Å²) in [6.45, 7) is 6.97. The topological polar surface area (TPSA) is 0 Å². The van der Waals surface area contributed by atoms with Gasteiger partial charge in [0.15, 0.2) is 0 Å². The number of hydrogen-bond acceptors (Lipinski definition) is 0. The third kappa shape index (κ3) is 1.77. The summed E-state index contributed by atoms with van der Waals surface area (Å²) in [6, 6.07) is 2.75. The molecule has 2 heteroatoms. The Kier molecular flexibility index (Phi) is 2.81. The number of allylic oxidation sites excluding steroid dienone is 1. The average Bonchev–Trinajstić information content (AvgIpc) is 2.04. The Balaban J connectivity index is 3.38. The molecule has 0 nitrogen and oxygen atoms in total. The van der Waals surface area contributed by atoms with E-state index in [-0.39, 0.29) is 5.56 Å². The van der Waals surface area contributed by atoms with E-state index in [4.69, 9.17) is 0 Å². The standard InChI is InChI=1S/C11H12F2/c1-4-8-5-6-9(12)10(7(2)3)11(8)13/h5-6H,2,4H2,1,3H3. The molecule has 1 aromatic carbocycles. The molecule has 70 valence electrons. The first-order chi connectivity index (χ1) is 6.07. The largest absolute Gasteiger partial charge is 0.206 e. The number of rotatable bonds is 2. The zero-order valence-corrected chi connectivity index (χ0v) is 7.82. The summed E-state index contributed by atoms with van der Waals surface area (Å²) in [5.41, 5.74) is 0.962. The van der Waals surface area contributed by atoms with Gasteiger partial charge >= 0.3 is 0 Å². The smallest absolute Gasteiger partial charge is 0.136 e. The third-order valence-corrected chi connectivity index (χ3v) is 1.98. The zero-order chi connectivity index (χ0) is 10.0. The van der Waals surface area contributed by atoms with Crippen molar-refractivity contribution in [2.45, 2.75) is 20.3 Å². The Morgan fingerprint density at radius 3 is 2.46 bits per heavy atom. The minimum Gasteiger partial charge on any atom is -0.206 e. The van der Waals surface area contributed by atoms with E-state index in [1.54, 1.807) is 6.92 Å². The van der Waals surface area contributed by atoms with Gasteiger partial charge in [0.1, 0.15) is 11.6 Å². The van der Waals surface area contributed by atoms with Crippen LogP contribution in [0.4, 0.5) is 8.78 Å². The SMILES string of the molecule is C=C(C)c1c(F)ccc(CC)c1F. The van der Waals surface area contributed by atoms with Gasteiger partial charge in [0.25, 0.3) is 0 Å². The molecule has 0 aliphatic heterocycles. The average molecular weight is 182 g/mol. The van der Waals surface area contributed by atoms with Gasteiger partial charge in [0.2, 0.25) is 0 Å². The van der Waals surface area contributed by atoms with Gasteiger partial charge in [-0.15, -0.1) is 0 Å². The number of aryl methyl sites for hydroxylation is 1. The van der Waals surface area contributed by atoms with Crippen molar-refractivity contribution in [2.24, 2.45) is 0 Å². The molecule has 0 aromatic heterocycles. The summed E-state index contributed by atoms with van der Waals surface area (Å²) in [5.74, 6) is -1.02. The number of hydrogen-bond donors (Lipinski definition) is 0. The Bertz CT molecular complexity index is 340. The molecule has 0 N–H and O–H groups in total. The van der Waals surface area contributed by atoms with Crippen molar-refractivity contribution in [1.29, 1.82) is 0 Å². The highest BCUT2D eigenvalue weighted by Gasteiger charge is 2.12. The van der Waals surface area contributed by atoms with Crippen molar-refractivity contribution in [3.63, 3.8) is 0 Å². The van der Waals surface area contributed by atoms with Crippen molar-refractivity contribution in [3.05, 3.63) is 41.5 Å². The van der Waals surface area contributed by atoms with Crippen molar-refractivity contribution >= 4 is 5.57 Å². The fourth-order valence-electron chi connectivity index (χ4n) is 1.26. The molecule has 1 aromatic rings. The summed E-state index contributed by atoms with van der Waals surface area (Å²) in [7, 11) is 0. The van der Waals surface area contributed by atoms with E-state index in [9.17, 15) is 8.78 Å². The number of benzene rings is 1. The van der Waals surface area contributed by atoms with Gasteiger partial charge in [-0.2, -0.15) is 0 Å². The van der Waals surface area contributed by atoms with Crippen LogP contribution in [-0.2, 0) is 6.42 Å². The molecule has 0 bridgehead atoms. The molecule has 0 heterocycles. The van der Waals surface area contributed by atoms with Crippen LogP contribution in [0.15, 0.2) is 18.7 Å². The Hall–Kier alpha value is -1.18. The van der Waals surface area contributed by atoms with Gasteiger partial charge in [-0.05, 0) is 30.5 Å². The summed E-state index contributed by atoms with van der Waals surface area (Å²) in [6.07, 6.45) is 0.562. The van der Waals surface area contributed by atoms with E-state index in [1.807, 2.05) is 6.92 Å². The maximum atomic E-state index is 13.5. The second kappa shape index (κ2) is 3.69. The maximum Gasteiger partial charge on any atom is 0.136 e. The van der Waals surface area contributed by atoms with E-state index in [0.29, 0.717) is 17.6 Å². The molecule has 0 atom stereocenters. The molecule has 0 fully saturated rings. The first-order valence-corrected chi connectivity index (χ1v) is 4.20. The molecule has 0 saturated heterocycles. The highest BCUT2D eigenvalue weighted by atomic mass is 19.1. The summed E-state index contributed by atoms with van der Waals surface area (Å²) in [4.78, 5) is 0. The van der Waals surface area contributed by atoms with Gasteiger partial charge in [-0.25, -0.2) is 8.78 Å². The quantitative estimate of drug-likeness (QED) is 0.656. The van der Waals surface area contributed by atoms with Crippen LogP contribution < -0.4 is 0 Å². The molecule has 0 spiro atoms. The molecule has 0 aliphatic rings. The third-order valence-electron chi connectivity index (χ3n) is 1.98. The summed E-state index contributed by atoms with van der Waals surface area (Å²) < 4.78 is 26.6. The van der Waals surface area contributed by atoms with Crippen LogP contribution in [0.5, 0.6) is 0 Å². The minimum absolute atomic E-state index is 0.0133. The van der Waals surface area contributed by atoms with E-state index in [2.05, 4.69) is 6.58 Å². The predicted octanol–water partition coefficient (Wildman–Crippen LogP) is 3.56. The molecule has 0 unspecified atom stereocenters. The first-order valence-electron chi connectivity index (χ1n) is 4.20. The number of halogens is 2. The Morgan fingerprint density at radius 2 is 2.00 bits per heavy atom. The van der Waals surface area contributed by atoms with E-state index >= 15 is 0 Å². The summed E-state index contributed by atoms with van der Waals surface area (Å²) in [5, 5.41) is 0. The van der Waals surface area contributed by atoms with Gasteiger partial charge in [-0.1, -0.05) is 19.6 Å². The lowest BCUT2D eigenvalue weighted by molar-refractivity contribution is 0.567. The van der Waals surface area contributed by atoms with Crippen LogP contribution >= 0.6 is 0 Å². The first kappa shape index (κ1) is 9.90.